The third kappa shape index (κ3) is 4.47. The largest absolute Gasteiger partial charge is 0.351 e. The second-order valence-corrected chi connectivity index (χ2v) is 7.09. The summed E-state index contributed by atoms with van der Waals surface area (Å²) in [7, 11) is 0. The van der Waals surface area contributed by atoms with Crippen molar-refractivity contribution in [1.82, 2.24) is 5.32 Å². The van der Waals surface area contributed by atoms with Gasteiger partial charge in [-0.15, -0.1) is 11.6 Å². The molecule has 1 aromatic carbocycles. The molecule has 0 atom stereocenters. The van der Waals surface area contributed by atoms with Crippen molar-refractivity contribution >= 4 is 17.5 Å². The SMILES string of the molecule is CC(C)CC1(CNC(=O)c2cccc(CCl)c2)CCCC1. The third-order valence-corrected chi connectivity index (χ3v) is 4.78. The molecule has 1 saturated carbocycles. The molecule has 0 spiro atoms. The summed E-state index contributed by atoms with van der Waals surface area (Å²) in [6.45, 7) is 5.34. The number of benzene rings is 1. The van der Waals surface area contributed by atoms with Gasteiger partial charge in [0.1, 0.15) is 0 Å². The van der Waals surface area contributed by atoms with Crippen molar-refractivity contribution in [3.8, 4) is 0 Å². The van der Waals surface area contributed by atoms with E-state index < -0.39 is 0 Å². The Morgan fingerprint density at radius 3 is 2.67 bits per heavy atom. The van der Waals surface area contributed by atoms with E-state index in [1.165, 1.54) is 32.1 Å². The summed E-state index contributed by atoms with van der Waals surface area (Å²) in [5, 5.41) is 3.16. The zero-order valence-corrected chi connectivity index (χ0v) is 13.9. The highest BCUT2D eigenvalue weighted by Crippen LogP contribution is 2.42. The van der Waals surface area contributed by atoms with Gasteiger partial charge in [-0.05, 0) is 48.3 Å². The van der Waals surface area contributed by atoms with Crippen LogP contribution in [0.15, 0.2) is 24.3 Å². The van der Waals surface area contributed by atoms with Crippen LogP contribution in [0.4, 0.5) is 0 Å². The fourth-order valence-electron chi connectivity index (χ4n) is 3.61. The van der Waals surface area contributed by atoms with Gasteiger partial charge in [0.05, 0.1) is 0 Å². The zero-order chi connectivity index (χ0) is 15.3. The van der Waals surface area contributed by atoms with E-state index in [-0.39, 0.29) is 5.91 Å². The van der Waals surface area contributed by atoms with E-state index in [4.69, 9.17) is 11.6 Å². The average Bonchev–Trinajstić information content (AvgIpc) is 2.93. The van der Waals surface area contributed by atoms with E-state index in [0.717, 1.165) is 12.1 Å². The molecule has 21 heavy (non-hydrogen) atoms. The number of carbonyl (C=O) groups is 1. The number of amides is 1. The summed E-state index contributed by atoms with van der Waals surface area (Å²) in [4.78, 5) is 12.3. The maximum absolute atomic E-state index is 12.3. The highest BCUT2D eigenvalue weighted by atomic mass is 35.5. The number of nitrogens with one attached hydrogen (secondary N) is 1. The van der Waals surface area contributed by atoms with Gasteiger partial charge in [-0.1, -0.05) is 38.8 Å². The molecule has 0 unspecified atom stereocenters. The van der Waals surface area contributed by atoms with Crippen LogP contribution < -0.4 is 5.32 Å². The Hall–Kier alpha value is -1.02. The molecule has 1 fully saturated rings. The molecule has 1 amide bonds. The predicted octanol–water partition coefficient (Wildman–Crippen LogP) is 4.76. The van der Waals surface area contributed by atoms with Crippen LogP contribution in [-0.4, -0.2) is 12.5 Å². The van der Waals surface area contributed by atoms with Crippen molar-refractivity contribution in [3.05, 3.63) is 35.4 Å². The Kier molecular flexibility index (Phi) is 5.69. The minimum Gasteiger partial charge on any atom is -0.351 e. The average molecular weight is 308 g/mol. The van der Waals surface area contributed by atoms with Gasteiger partial charge in [0.15, 0.2) is 0 Å². The molecule has 2 rings (SSSR count). The molecule has 1 aliphatic rings. The first-order valence-electron chi connectivity index (χ1n) is 7.98. The van der Waals surface area contributed by atoms with Crippen molar-refractivity contribution in [2.75, 3.05) is 6.54 Å². The lowest BCUT2D eigenvalue weighted by Gasteiger charge is -2.31. The molecule has 0 aromatic heterocycles. The lowest BCUT2D eigenvalue weighted by molar-refractivity contribution is 0.0921. The highest BCUT2D eigenvalue weighted by molar-refractivity contribution is 6.17. The lowest BCUT2D eigenvalue weighted by atomic mass is 9.78. The summed E-state index contributed by atoms with van der Waals surface area (Å²) >= 11 is 5.83. The van der Waals surface area contributed by atoms with Crippen LogP contribution in [-0.2, 0) is 5.88 Å². The molecule has 0 heterocycles. The molecular formula is C18H26ClNO. The van der Waals surface area contributed by atoms with Crippen molar-refractivity contribution in [2.24, 2.45) is 11.3 Å². The first-order valence-corrected chi connectivity index (χ1v) is 8.51. The Morgan fingerprint density at radius 1 is 1.33 bits per heavy atom. The van der Waals surface area contributed by atoms with Gasteiger partial charge < -0.3 is 5.32 Å². The number of halogens is 1. The van der Waals surface area contributed by atoms with Gasteiger partial charge in [0, 0.05) is 18.0 Å². The van der Waals surface area contributed by atoms with E-state index in [0.29, 0.717) is 22.8 Å². The number of hydrogen-bond donors (Lipinski definition) is 1. The summed E-state index contributed by atoms with van der Waals surface area (Å²) in [6, 6.07) is 7.58. The lowest BCUT2D eigenvalue weighted by Crippen LogP contribution is -2.36. The van der Waals surface area contributed by atoms with E-state index in [9.17, 15) is 4.79 Å². The van der Waals surface area contributed by atoms with Crippen molar-refractivity contribution in [2.45, 2.75) is 51.8 Å². The standard InChI is InChI=1S/C18H26ClNO/c1-14(2)11-18(8-3-4-9-18)13-20-17(21)16-7-5-6-15(10-16)12-19/h5-7,10,14H,3-4,8-9,11-13H2,1-2H3,(H,20,21). The topological polar surface area (TPSA) is 29.1 Å². The van der Waals surface area contributed by atoms with Crippen LogP contribution >= 0.6 is 11.6 Å². The molecule has 1 aromatic rings. The molecular weight excluding hydrogens is 282 g/mol. The summed E-state index contributed by atoms with van der Waals surface area (Å²) < 4.78 is 0. The number of rotatable bonds is 6. The number of carbonyl (C=O) groups excluding carboxylic acids is 1. The van der Waals surface area contributed by atoms with Crippen molar-refractivity contribution < 1.29 is 4.79 Å². The molecule has 3 heteroatoms. The quantitative estimate of drug-likeness (QED) is 0.754. The van der Waals surface area contributed by atoms with Crippen LogP contribution in [0.5, 0.6) is 0 Å². The summed E-state index contributed by atoms with van der Waals surface area (Å²) in [5.41, 5.74) is 2.02. The Morgan fingerprint density at radius 2 is 2.05 bits per heavy atom. The van der Waals surface area contributed by atoms with Crippen LogP contribution in [0, 0.1) is 11.3 Å². The fourth-order valence-corrected chi connectivity index (χ4v) is 3.78. The van der Waals surface area contributed by atoms with E-state index in [2.05, 4.69) is 19.2 Å². The fraction of sp³-hybridized carbons (Fsp3) is 0.611. The van der Waals surface area contributed by atoms with Gasteiger partial charge in [-0.3, -0.25) is 4.79 Å². The van der Waals surface area contributed by atoms with Gasteiger partial charge in [0.25, 0.3) is 5.91 Å². The first kappa shape index (κ1) is 16.4. The Labute approximate surface area is 133 Å². The monoisotopic (exact) mass is 307 g/mol. The van der Waals surface area contributed by atoms with E-state index in [1.54, 1.807) is 0 Å². The normalized spacial score (nSPS) is 17.1. The number of hydrogen-bond acceptors (Lipinski definition) is 1. The molecule has 0 bridgehead atoms. The Balaban J connectivity index is 1.98. The molecule has 1 aliphatic carbocycles. The van der Waals surface area contributed by atoms with Crippen LogP contribution in [0.25, 0.3) is 0 Å². The minimum absolute atomic E-state index is 0.0250. The second-order valence-electron chi connectivity index (χ2n) is 6.82. The van der Waals surface area contributed by atoms with E-state index in [1.807, 2.05) is 24.3 Å². The molecule has 116 valence electrons. The van der Waals surface area contributed by atoms with Gasteiger partial charge >= 0.3 is 0 Å². The zero-order valence-electron chi connectivity index (χ0n) is 13.1. The van der Waals surface area contributed by atoms with Crippen molar-refractivity contribution in [1.29, 1.82) is 0 Å². The summed E-state index contributed by atoms with van der Waals surface area (Å²) in [5.74, 6) is 1.15. The first-order chi connectivity index (χ1) is 10.0. The Bertz CT molecular complexity index is 478. The third-order valence-electron chi connectivity index (χ3n) is 4.47. The van der Waals surface area contributed by atoms with Gasteiger partial charge in [-0.2, -0.15) is 0 Å². The maximum Gasteiger partial charge on any atom is 0.251 e. The van der Waals surface area contributed by atoms with Crippen LogP contribution in [0.1, 0.15) is 61.9 Å². The molecule has 0 aliphatic heterocycles. The maximum atomic E-state index is 12.3. The van der Waals surface area contributed by atoms with Crippen LogP contribution in [0.2, 0.25) is 0 Å². The summed E-state index contributed by atoms with van der Waals surface area (Å²) in [6.07, 6.45) is 6.28. The minimum atomic E-state index is 0.0250. The van der Waals surface area contributed by atoms with Crippen LogP contribution in [0.3, 0.4) is 0 Å². The second kappa shape index (κ2) is 7.31. The van der Waals surface area contributed by atoms with Gasteiger partial charge in [0.2, 0.25) is 0 Å². The van der Waals surface area contributed by atoms with Crippen molar-refractivity contribution in [3.63, 3.8) is 0 Å². The smallest absolute Gasteiger partial charge is 0.251 e. The van der Waals surface area contributed by atoms with E-state index >= 15 is 0 Å². The molecule has 1 N–H and O–H groups in total. The predicted molar refractivity (Wildman–Crippen MR) is 88.7 cm³/mol. The molecule has 0 saturated heterocycles. The highest BCUT2D eigenvalue weighted by Gasteiger charge is 2.34. The molecule has 0 radical (unpaired) electrons. The molecule has 2 nitrogen and oxygen atoms in total. The number of alkyl halides is 1. The van der Waals surface area contributed by atoms with Gasteiger partial charge in [-0.25, -0.2) is 0 Å².